The average Bonchev–Trinajstić information content (AvgIpc) is 2.55. The average molecular weight is 297 g/mol. The van der Waals surface area contributed by atoms with Gasteiger partial charge in [0.1, 0.15) is 6.10 Å². The van der Waals surface area contributed by atoms with Crippen molar-refractivity contribution in [2.45, 2.75) is 20.0 Å². The number of nitrogens with zero attached hydrogens (tertiary/aromatic N) is 1. The second-order valence-corrected chi connectivity index (χ2v) is 4.91. The van der Waals surface area contributed by atoms with Gasteiger partial charge in [0.2, 0.25) is 0 Å². The number of esters is 1. The van der Waals surface area contributed by atoms with Crippen molar-refractivity contribution in [2.24, 2.45) is 0 Å². The number of aliphatic hydroxyl groups is 1. The number of pyridine rings is 1. The molecule has 1 N–H and O–H groups in total. The summed E-state index contributed by atoms with van der Waals surface area (Å²) < 4.78 is 4.96. The van der Waals surface area contributed by atoms with Crippen LogP contribution in [0.15, 0.2) is 54.4 Å². The fourth-order valence-corrected chi connectivity index (χ4v) is 2.10. The molecule has 0 fully saturated rings. The monoisotopic (exact) mass is 297 g/mol. The van der Waals surface area contributed by atoms with Gasteiger partial charge >= 0.3 is 5.97 Å². The number of hydrogen-bond donors (Lipinski definition) is 1. The van der Waals surface area contributed by atoms with Gasteiger partial charge in [-0.2, -0.15) is 0 Å². The van der Waals surface area contributed by atoms with E-state index in [2.05, 4.69) is 4.98 Å². The Labute approximate surface area is 130 Å². The van der Waals surface area contributed by atoms with Crippen molar-refractivity contribution in [3.63, 3.8) is 0 Å². The van der Waals surface area contributed by atoms with Crippen molar-refractivity contribution in [3.05, 3.63) is 71.1 Å². The number of aromatic nitrogens is 1. The number of aliphatic hydroxyl groups excluding tert-OH is 1. The third-order valence-electron chi connectivity index (χ3n) is 3.21. The van der Waals surface area contributed by atoms with Crippen LogP contribution in [-0.2, 0) is 9.53 Å². The topological polar surface area (TPSA) is 59.4 Å². The predicted molar refractivity (Wildman–Crippen MR) is 85.0 cm³/mol. The number of rotatable bonds is 5. The highest BCUT2D eigenvalue weighted by Gasteiger charge is 2.11. The summed E-state index contributed by atoms with van der Waals surface area (Å²) >= 11 is 0. The van der Waals surface area contributed by atoms with E-state index in [4.69, 9.17) is 4.74 Å². The molecular formula is C18H19NO3. The van der Waals surface area contributed by atoms with Crippen LogP contribution in [-0.4, -0.2) is 22.7 Å². The Morgan fingerprint density at radius 2 is 2.09 bits per heavy atom. The summed E-state index contributed by atoms with van der Waals surface area (Å²) in [5.74, 6) is -0.333. The molecule has 0 aliphatic heterocycles. The molecule has 2 rings (SSSR count). The molecule has 4 heteroatoms. The first kappa shape index (κ1) is 15.9. The maximum Gasteiger partial charge on any atom is 0.333 e. The number of benzene rings is 1. The van der Waals surface area contributed by atoms with Crippen molar-refractivity contribution in [1.29, 1.82) is 0 Å². The van der Waals surface area contributed by atoms with Crippen molar-refractivity contribution in [2.75, 3.05) is 6.61 Å². The van der Waals surface area contributed by atoms with Crippen LogP contribution in [0.5, 0.6) is 0 Å². The van der Waals surface area contributed by atoms with Gasteiger partial charge in [-0.05, 0) is 43.2 Å². The third-order valence-corrected chi connectivity index (χ3v) is 3.21. The largest absolute Gasteiger partial charge is 0.463 e. The minimum absolute atomic E-state index is 0.333. The van der Waals surface area contributed by atoms with Gasteiger partial charge in [-0.3, -0.25) is 4.98 Å². The van der Waals surface area contributed by atoms with Crippen LogP contribution in [0.3, 0.4) is 0 Å². The quantitative estimate of drug-likeness (QED) is 0.680. The normalized spacial score (nSPS) is 12.8. The molecule has 0 aliphatic carbocycles. The number of carbonyl (C=O) groups excluding carboxylic acids is 1. The van der Waals surface area contributed by atoms with Crippen molar-refractivity contribution in [1.82, 2.24) is 4.98 Å². The highest BCUT2D eigenvalue weighted by atomic mass is 16.5. The van der Waals surface area contributed by atoms with E-state index in [0.29, 0.717) is 12.2 Å². The maximum atomic E-state index is 11.6. The van der Waals surface area contributed by atoms with Gasteiger partial charge in [0.15, 0.2) is 0 Å². The number of hydrogen-bond acceptors (Lipinski definition) is 4. The lowest BCUT2D eigenvalue weighted by molar-refractivity contribution is -0.138. The Kier molecular flexibility index (Phi) is 5.44. The zero-order valence-corrected chi connectivity index (χ0v) is 12.7. The molecule has 0 bridgehead atoms. The molecular weight excluding hydrogens is 278 g/mol. The van der Waals surface area contributed by atoms with E-state index in [0.717, 1.165) is 16.7 Å². The predicted octanol–water partition coefficient (Wildman–Crippen LogP) is 3.13. The van der Waals surface area contributed by atoms with Crippen LogP contribution in [0.4, 0.5) is 0 Å². The smallest absolute Gasteiger partial charge is 0.333 e. The molecule has 1 aromatic heterocycles. The highest BCUT2D eigenvalue weighted by Crippen LogP contribution is 2.22. The summed E-state index contributed by atoms with van der Waals surface area (Å²) in [5.41, 5.74) is 2.84. The third kappa shape index (κ3) is 4.02. The molecule has 1 aromatic carbocycles. The Morgan fingerprint density at radius 3 is 2.77 bits per heavy atom. The summed E-state index contributed by atoms with van der Waals surface area (Å²) in [7, 11) is 0. The number of carbonyl (C=O) groups is 1. The van der Waals surface area contributed by atoms with E-state index >= 15 is 0 Å². The van der Waals surface area contributed by atoms with Gasteiger partial charge < -0.3 is 9.84 Å². The van der Waals surface area contributed by atoms with Crippen LogP contribution in [0.25, 0.3) is 6.08 Å². The molecule has 2 aromatic rings. The first-order chi connectivity index (χ1) is 10.6. The number of ether oxygens (including phenoxy) is 1. The molecule has 0 radical (unpaired) electrons. The molecule has 4 nitrogen and oxygen atoms in total. The fraction of sp³-hybridized carbons (Fsp3) is 0.222. The lowest BCUT2D eigenvalue weighted by atomic mass is 10.0. The highest BCUT2D eigenvalue weighted by molar-refractivity contribution is 5.93. The fourth-order valence-electron chi connectivity index (χ4n) is 2.10. The first-order valence-corrected chi connectivity index (χ1v) is 7.15. The summed E-state index contributed by atoms with van der Waals surface area (Å²) in [6.45, 7) is 3.84. The lowest BCUT2D eigenvalue weighted by Crippen LogP contribution is -2.05. The summed E-state index contributed by atoms with van der Waals surface area (Å²) in [6, 6.07) is 11.0. The molecule has 22 heavy (non-hydrogen) atoms. The zero-order valence-electron chi connectivity index (χ0n) is 12.7. The van der Waals surface area contributed by atoms with E-state index in [1.165, 1.54) is 0 Å². The summed E-state index contributed by atoms with van der Waals surface area (Å²) in [4.78, 5) is 15.7. The molecule has 0 amide bonds. The maximum absolute atomic E-state index is 11.6. The summed E-state index contributed by atoms with van der Waals surface area (Å²) in [5, 5.41) is 10.4. The SMILES string of the molecule is CCOC(=O)/C(C)=C/c1cccc(C(O)c2cccnc2)c1. The molecule has 1 unspecified atom stereocenters. The van der Waals surface area contributed by atoms with Crippen molar-refractivity contribution >= 4 is 12.0 Å². The molecule has 0 spiro atoms. The van der Waals surface area contributed by atoms with Gasteiger partial charge in [-0.15, -0.1) is 0 Å². The van der Waals surface area contributed by atoms with Crippen molar-refractivity contribution in [3.8, 4) is 0 Å². The molecule has 1 atom stereocenters. The minimum atomic E-state index is -0.745. The van der Waals surface area contributed by atoms with E-state index in [1.807, 2.05) is 30.3 Å². The summed E-state index contributed by atoms with van der Waals surface area (Å²) in [6.07, 6.45) is 4.30. The van der Waals surface area contributed by atoms with Gasteiger partial charge in [0.05, 0.1) is 6.61 Å². The lowest BCUT2D eigenvalue weighted by Gasteiger charge is -2.11. The Balaban J connectivity index is 2.23. The molecule has 1 heterocycles. The van der Waals surface area contributed by atoms with E-state index in [9.17, 15) is 9.90 Å². The molecule has 0 saturated heterocycles. The van der Waals surface area contributed by atoms with Crippen LogP contribution < -0.4 is 0 Å². The van der Waals surface area contributed by atoms with Crippen LogP contribution in [0, 0.1) is 0 Å². The molecule has 0 saturated carbocycles. The van der Waals surface area contributed by atoms with Crippen LogP contribution in [0.1, 0.15) is 36.6 Å². The Morgan fingerprint density at radius 1 is 1.32 bits per heavy atom. The molecule has 0 aliphatic rings. The van der Waals surface area contributed by atoms with E-state index < -0.39 is 6.10 Å². The van der Waals surface area contributed by atoms with E-state index in [1.54, 1.807) is 38.4 Å². The second-order valence-electron chi connectivity index (χ2n) is 4.91. The van der Waals surface area contributed by atoms with Gasteiger partial charge in [0.25, 0.3) is 0 Å². The first-order valence-electron chi connectivity index (χ1n) is 7.15. The van der Waals surface area contributed by atoms with Gasteiger partial charge in [-0.1, -0.05) is 24.3 Å². The Bertz CT molecular complexity index is 665. The standard InChI is InChI=1S/C18H19NO3/c1-3-22-18(21)13(2)10-14-6-4-7-15(11-14)17(20)16-8-5-9-19-12-16/h4-12,17,20H,3H2,1-2H3/b13-10+. The second kappa shape index (κ2) is 7.52. The Hall–Kier alpha value is -2.46. The molecule has 114 valence electrons. The van der Waals surface area contributed by atoms with Crippen LogP contribution in [0.2, 0.25) is 0 Å². The van der Waals surface area contributed by atoms with Crippen molar-refractivity contribution < 1.29 is 14.6 Å². The van der Waals surface area contributed by atoms with E-state index in [-0.39, 0.29) is 5.97 Å². The van der Waals surface area contributed by atoms with Gasteiger partial charge in [-0.25, -0.2) is 4.79 Å². The van der Waals surface area contributed by atoms with Gasteiger partial charge in [0, 0.05) is 23.5 Å². The minimum Gasteiger partial charge on any atom is -0.463 e. The zero-order chi connectivity index (χ0) is 15.9. The van der Waals surface area contributed by atoms with Crippen LogP contribution >= 0.6 is 0 Å².